The van der Waals surface area contributed by atoms with Crippen LogP contribution in [0.4, 0.5) is 11.4 Å². The smallest absolute Gasteiger partial charge is 0.269 e. The minimum atomic E-state index is -0.748. The number of hydrazone groups is 1. The number of anilines is 1. The Morgan fingerprint density at radius 2 is 1.93 bits per heavy atom. The van der Waals surface area contributed by atoms with Gasteiger partial charge in [0.25, 0.3) is 11.6 Å². The summed E-state index contributed by atoms with van der Waals surface area (Å²) in [6, 6.07) is 14.8. The Morgan fingerprint density at radius 3 is 2.56 bits per heavy atom. The van der Waals surface area contributed by atoms with E-state index in [4.69, 9.17) is 0 Å². The fourth-order valence-electron chi connectivity index (χ4n) is 2.70. The number of aliphatic hydroxyl groups is 1. The number of hydrogen-bond donors (Lipinski definition) is 1. The van der Waals surface area contributed by atoms with Crippen molar-refractivity contribution >= 4 is 29.2 Å². The molecule has 0 fully saturated rings. The van der Waals surface area contributed by atoms with E-state index in [2.05, 4.69) is 10.1 Å². The molecule has 138 valence electrons. The van der Waals surface area contributed by atoms with Crippen molar-refractivity contribution in [1.82, 2.24) is 0 Å². The van der Waals surface area contributed by atoms with Gasteiger partial charge in [-0.25, -0.2) is 0 Å². The summed E-state index contributed by atoms with van der Waals surface area (Å²) in [6.45, 7) is 1.85. The number of nitro groups is 1. The summed E-state index contributed by atoms with van der Waals surface area (Å²) < 4.78 is 0. The van der Waals surface area contributed by atoms with Crippen LogP contribution in [0.15, 0.2) is 64.7 Å². The zero-order valence-electron chi connectivity index (χ0n) is 14.6. The number of carbonyl (C=O) groups excluding carboxylic acids is 1. The van der Waals surface area contributed by atoms with Crippen LogP contribution in [0.3, 0.4) is 0 Å². The monoisotopic (exact) mass is 366 g/mol. The van der Waals surface area contributed by atoms with Crippen LogP contribution in [0.2, 0.25) is 0 Å². The van der Waals surface area contributed by atoms with Crippen LogP contribution in [-0.4, -0.2) is 34.4 Å². The highest BCUT2D eigenvalue weighted by molar-refractivity contribution is 6.23. The van der Waals surface area contributed by atoms with Gasteiger partial charge < -0.3 is 5.11 Å². The van der Waals surface area contributed by atoms with Crippen molar-refractivity contribution in [2.24, 2.45) is 16.0 Å². The summed E-state index contributed by atoms with van der Waals surface area (Å²) in [5, 5.41) is 26.3. The van der Waals surface area contributed by atoms with E-state index in [0.29, 0.717) is 11.4 Å². The molecule has 0 unspecified atom stereocenters. The topological polar surface area (TPSA) is 108 Å². The number of non-ortho nitro benzene ring substituents is 1. The molecule has 1 amide bonds. The molecule has 27 heavy (non-hydrogen) atoms. The predicted octanol–water partition coefficient (Wildman–Crippen LogP) is 2.74. The number of amides is 1. The van der Waals surface area contributed by atoms with Gasteiger partial charge in [0, 0.05) is 18.3 Å². The molecule has 2 atom stereocenters. The summed E-state index contributed by atoms with van der Waals surface area (Å²) >= 11 is 0. The Balaban J connectivity index is 1.67. The van der Waals surface area contributed by atoms with Gasteiger partial charge in [0.05, 0.1) is 29.0 Å². The van der Waals surface area contributed by atoms with E-state index in [-0.39, 0.29) is 18.1 Å². The molecule has 1 heterocycles. The summed E-state index contributed by atoms with van der Waals surface area (Å²) in [6.07, 6.45) is 0.737. The first-order chi connectivity index (χ1) is 13.0. The van der Waals surface area contributed by atoms with Gasteiger partial charge in [-0.1, -0.05) is 30.3 Å². The fourth-order valence-corrected chi connectivity index (χ4v) is 2.70. The van der Waals surface area contributed by atoms with Gasteiger partial charge in [0.15, 0.2) is 0 Å². The largest absolute Gasteiger partial charge is 0.386 e. The van der Waals surface area contributed by atoms with Crippen LogP contribution in [-0.2, 0) is 4.79 Å². The average Bonchev–Trinajstić information content (AvgIpc) is 2.97. The Kier molecular flexibility index (Phi) is 5.37. The lowest BCUT2D eigenvalue weighted by Gasteiger charge is -2.12. The van der Waals surface area contributed by atoms with Crippen molar-refractivity contribution in [3.8, 4) is 0 Å². The van der Waals surface area contributed by atoms with Gasteiger partial charge >= 0.3 is 0 Å². The van der Waals surface area contributed by atoms with Gasteiger partial charge in [-0.3, -0.25) is 19.9 Å². The van der Waals surface area contributed by atoms with Gasteiger partial charge in [-0.15, -0.1) is 0 Å². The molecule has 1 aliphatic heterocycles. The Hall–Kier alpha value is -3.39. The number of aliphatic hydroxyl groups excluding tert-OH is 1. The Morgan fingerprint density at radius 1 is 1.26 bits per heavy atom. The minimum absolute atomic E-state index is 0.0564. The molecule has 8 heteroatoms. The number of nitro benzene ring substituents is 1. The van der Waals surface area contributed by atoms with Crippen LogP contribution < -0.4 is 5.01 Å². The molecule has 0 radical (unpaired) electrons. The van der Waals surface area contributed by atoms with Crippen molar-refractivity contribution in [3.63, 3.8) is 0 Å². The van der Waals surface area contributed by atoms with Gasteiger partial charge in [0.2, 0.25) is 0 Å². The van der Waals surface area contributed by atoms with Crippen molar-refractivity contribution in [2.75, 3.05) is 11.6 Å². The number of carbonyl (C=O) groups is 1. The van der Waals surface area contributed by atoms with Crippen molar-refractivity contribution in [2.45, 2.75) is 13.0 Å². The summed E-state index contributed by atoms with van der Waals surface area (Å²) in [5.41, 5.74) is 1.71. The maximum absolute atomic E-state index is 12.6. The van der Waals surface area contributed by atoms with E-state index in [1.54, 1.807) is 6.92 Å². The SMILES string of the molecule is CC1=NN(c2ccc([N+](=O)[O-])cc2)C(=O)[C@H]1C=NC[C@@H](O)c1ccccc1. The Bertz CT molecular complexity index is 894. The normalized spacial score (nSPS) is 18.0. The van der Waals surface area contributed by atoms with Gasteiger partial charge in [-0.2, -0.15) is 10.1 Å². The number of aliphatic imine (C=N–C) groups is 1. The maximum atomic E-state index is 12.6. The van der Waals surface area contributed by atoms with Crippen molar-refractivity contribution in [1.29, 1.82) is 0 Å². The molecule has 1 aliphatic rings. The minimum Gasteiger partial charge on any atom is -0.386 e. The molecule has 0 spiro atoms. The molecular formula is C19H18N4O4. The van der Waals surface area contributed by atoms with E-state index in [0.717, 1.165) is 5.56 Å². The summed E-state index contributed by atoms with van der Waals surface area (Å²) in [4.78, 5) is 27.0. The standard InChI is InChI=1S/C19H18N4O4/c1-13-17(11-20-12-18(24)14-5-3-2-4-6-14)19(25)22(21-13)15-7-9-16(10-8-15)23(26)27/h2-11,17-18,24H,12H2,1H3/t17-,18+/m0/s1. The lowest BCUT2D eigenvalue weighted by molar-refractivity contribution is -0.384. The molecule has 2 aromatic rings. The van der Waals surface area contributed by atoms with Crippen LogP contribution in [0.25, 0.3) is 0 Å². The average molecular weight is 366 g/mol. The van der Waals surface area contributed by atoms with Crippen molar-refractivity contribution < 1.29 is 14.8 Å². The molecule has 0 saturated heterocycles. The third kappa shape index (κ3) is 4.06. The van der Waals surface area contributed by atoms with E-state index in [1.165, 1.54) is 35.5 Å². The summed E-state index contributed by atoms with van der Waals surface area (Å²) in [7, 11) is 0. The van der Waals surface area contributed by atoms with E-state index in [9.17, 15) is 20.0 Å². The van der Waals surface area contributed by atoms with E-state index >= 15 is 0 Å². The zero-order valence-corrected chi connectivity index (χ0v) is 14.6. The third-order valence-electron chi connectivity index (χ3n) is 4.20. The quantitative estimate of drug-likeness (QED) is 0.482. The number of nitrogens with zero attached hydrogens (tertiary/aromatic N) is 4. The first kappa shape index (κ1) is 18.4. The highest BCUT2D eigenvalue weighted by atomic mass is 16.6. The lowest BCUT2D eigenvalue weighted by Crippen LogP contribution is -2.28. The maximum Gasteiger partial charge on any atom is 0.269 e. The first-order valence-corrected chi connectivity index (χ1v) is 8.34. The molecule has 3 rings (SSSR count). The zero-order chi connectivity index (χ0) is 19.4. The Labute approximate surface area is 155 Å². The van der Waals surface area contributed by atoms with Crippen LogP contribution >= 0.6 is 0 Å². The fraction of sp³-hybridized carbons (Fsp3) is 0.211. The molecule has 2 aromatic carbocycles. The highest BCUT2D eigenvalue weighted by Gasteiger charge is 2.33. The molecule has 8 nitrogen and oxygen atoms in total. The van der Waals surface area contributed by atoms with E-state index in [1.807, 2.05) is 30.3 Å². The highest BCUT2D eigenvalue weighted by Crippen LogP contribution is 2.25. The van der Waals surface area contributed by atoms with Crippen LogP contribution in [0.5, 0.6) is 0 Å². The predicted molar refractivity (Wildman–Crippen MR) is 102 cm³/mol. The molecule has 0 bridgehead atoms. The lowest BCUT2D eigenvalue weighted by atomic mass is 10.1. The summed E-state index contributed by atoms with van der Waals surface area (Å²) in [5.74, 6) is -0.914. The number of rotatable bonds is 6. The van der Waals surface area contributed by atoms with Gasteiger partial charge in [-0.05, 0) is 24.6 Å². The molecule has 0 aliphatic carbocycles. The van der Waals surface area contributed by atoms with E-state index < -0.39 is 16.9 Å². The van der Waals surface area contributed by atoms with Crippen LogP contribution in [0.1, 0.15) is 18.6 Å². The molecule has 0 aromatic heterocycles. The first-order valence-electron chi connectivity index (χ1n) is 8.34. The second-order valence-corrected chi connectivity index (χ2v) is 6.08. The second kappa shape index (κ2) is 7.88. The molecular weight excluding hydrogens is 348 g/mol. The van der Waals surface area contributed by atoms with Crippen LogP contribution in [0, 0.1) is 16.0 Å². The molecule has 0 saturated carbocycles. The number of benzene rings is 2. The third-order valence-corrected chi connectivity index (χ3v) is 4.20. The molecule has 1 N–H and O–H groups in total. The van der Waals surface area contributed by atoms with Crippen molar-refractivity contribution in [3.05, 3.63) is 70.3 Å². The second-order valence-electron chi connectivity index (χ2n) is 6.08. The van der Waals surface area contributed by atoms with Gasteiger partial charge in [0.1, 0.15) is 5.92 Å². The number of hydrogen-bond acceptors (Lipinski definition) is 6.